The van der Waals surface area contributed by atoms with E-state index in [1.807, 2.05) is 0 Å². The molecule has 7 nitrogen and oxygen atoms in total. The minimum absolute atomic E-state index is 0.00524. The van der Waals surface area contributed by atoms with Crippen LogP contribution in [0.2, 0.25) is 0 Å². The molecule has 1 aromatic heterocycles. The summed E-state index contributed by atoms with van der Waals surface area (Å²) in [6.07, 6.45) is 1.53. The summed E-state index contributed by atoms with van der Waals surface area (Å²) >= 11 is 0. The molecule has 0 saturated carbocycles. The van der Waals surface area contributed by atoms with Gasteiger partial charge in [-0.2, -0.15) is 0 Å². The Bertz CT molecular complexity index is 748. The van der Waals surface area contributed by atoms with Crippen molar-refractivity contribution in [2.45, 2.75) is 12.5 Å². The number of fused-ring (bicyclic) bond motifs is 1. The zero-order valence-electron chi connectivity index (χ0n) is 13.0. The van der Waals surface area contributed by atoms with Gasteiger partial charge in [-0.15, -0.1) is 0 Å². The molecule has 7 heteroatoms. The van der Waals surface area contributed by atoms with Crippen LogP contribution in [0.1, 0.15) is 28.5 Å². The highest BCUT2D eigenvalue weighted by Crippen LogP contribution is 2.34. The SMILES string of the molecule is COC(=O)CC(NC(=O)c1ccccn1)c1ccc2c(c1)OCO2. The van der Waals surface area contributed by atoms with Gasteiger partial charge in [0.05, 0.1) is 19.6 Å². The molecule has 1 unspecified atom stereocenters. The molecule has 0 spiro atoms. The molecule has 0 fully saturated rings. The first-order valence-electron chi connectivity index (χ1n) is 7.35. The predicted molar refractivity (Wildman–Crippen MR) is 83.6 cm³/mol. The highest BCUT2D eigenvalue weighted by molar-refractivity contribution is 5.92. The van der Waals surface area contributed by atoms with Gasteiger partial charge in [0.2, 0.25) is 6.79 Å². The molecular formula is C17H16N2O5. The maximum absolute atomic E-state index is 12.4. The number of hydrogen-bond donors (Lipinski definition) is 1. The van der Waals surface area contributed by atoms with Gasteiger partial charge in [-0.1, -0.05) is 12.1 Å². The molecule has 124 valence electrons. The summed E-state index contributed by atoms with van der Waals surface area (Å²) in [6, 6.07) is 9.74. The van der Waals surface area contributed by atoms with Crippen LogP contribution < -0.4 is 14.8 Å². The number of pyridine rings is 1. The molecule has 1 aliphatic heterocycles. The molecule has 1 aromatic carbocycles. The van der Waals surface area contributed by atoms with E-state index in [1.54, 1.807) is 36.4 Å². The number of benzene rings is 1. The average Bonchev–Trinajstić information content (AvgIpc) is 3.09. The summed E-state index contributed by atoms with van der Waals surface area (Å²) in [4.78, 5) is 28.1. The van der Waals surface area contributed by atoms with Crippen molar-refractivity contribution in [3.05, 3.63) is 53.9 Å². The van der Waals surface area contributed by atoms with Gasteiger partial charge >= 0.3 is 5.97 Å². The van der Waals surface area contributed by atoms with Gasteiger partial charge in [-0.05, 0) is 29.8 Å². The van der Waals surface area contributed by atoms with Crippen molar-refractivity contribution < 1.29 is 23.8 Å². The zero-order chi connectivity index (χ0) is 16.9. The van der Waals surface area contributed by atoms with E-state index in [-0.39, 0.29) is 24.8 Å². The maximum atomic E-state index is 12.4. The summed E-state index contributed by atoms with van der Waals surface area (Å²) in [5, 5.41) is 2.81. The average molecular weight is 328 g/mol. The first-order valence-corrected chi connectivity index (χ1v) is 7.35. The third kappa shape index (κ3) is 3.45. The number of esters is 1. The second kappa shape index (κ2) is 6.99. The summed E-state index contributed by atoms with van der Waals surface area (Å²) < 4.78 is 15.3. The Hall–Kier alpha value is -3.09. The third-order valence-electron chi connectivity index (χ3n) is 3.60. The Labute approximate surface area is 138 Å². The fraction of sp³-hybridized carbons (Fsp3) is 0.235. The Morgan fingerprint density at radius 3 is 2.83 bits per heavy atom. The highest BCUT2D eigenvalue weighted by atomic mass is 16.7. The number of nitrogens with zero attached hydrogens (tertiary/aromatic N) is 1. The number of amides is 1. The monoisotopic (exact) mass is 328 g/mol. The van der Waals surface area contributed by atoms with Crippen LogP contribution in [0.15, 0.2) is 42.6 Å². The quantitative estimate of drug-likeness (QED) is 0.843. The minimum atomic E-state index is -0.568. The van der Waals surface area contributed by atoms with E-state index in [4.69, 9.17) is 14.2 Å². The van der Waals surface area contributed by atoms with Crippen molar-refractivity contribution in [1.82, 2.24) is 10.3 Å². The number of nitrogens with one attached hydrogen (secondary N) is 1. The van der Waals surface area contributed by atoms with Crippen LogP contribution in [0.4, 0.5) is 0 Å². The molecule has 1 atom stereocenters. The van der Waals surface area contributed by atoms with E-state index in [2.05, 4.69) is 10.3 Å². The summed E-state index contributed by atoms with van der Waals surface area (Å²) in [7, 11) is 1.31. The third-order valence-corrected chi connectivity index (χ3v) is 3.60. The van der Waals surface area contributed by atoms with Crippen molar-refractivity contribution in [2.75, 3.05) is 13.9 Å². The molecular weight excluding hydrogens is 312 g/mol. The van der Waals surface area contributed by atoms with E-state index in [1.165, 1.54) is 13.3 Å². The second-order valence-corrected chi connectivity index (χ2v) is 5.13. The van der Waals surface area contributed by atoms with E-state index < -0.39 is 12.0 Å². The first kappa shape index (κ1) is 15.8. The zero-order valence-corrected chi connectivity index (χ0v) is 13.0. The maximum Gasteiger partial charge on any atom is 0.307 e. The lowest BCUT2D eigenvalue weighted by Crippen LogP contribution is -2.31. The van der Waals surface area contributed by atoms with Gasteiger partial charge in [0.25, 0.3) is 5.91 Å². The number of aromatic nitrogens is 1. The Morgan fingerprint density at radius 1 is 1.25 bits per heavy atom. The van der Waals surface area contributed by atoms with Crippen molar-refractivity contribution in [1.29, 1.82) is 0 Å². The fourth-order valence-corrected chi connectivity index (χ4v) is 2.36. The number of carbonyl (C=O) groups excluding carboxylic acids is 2. The largest absolute Gasteiger partial charge is 0.469 e. The van der Waals surface area contributed by atoms with Crippen LogP contribution in [0.25, 0.3) is 0 Å². The molecule has 0 aliphatic carbocycles. The number of hydrogen-bond acceptors (Lipinski definition) is 6. The molecule has 0 saturated heterocycles. The van der Waals surface area contributed by atoms with Crippen LogP contribution in [-0.4, -0.2) is 30.8 Å². The van der Waals surface area contributed by atoms with Crippen LogP contribution in [0.5, 0.6) is 11.5 Å². The Balaban J connectivity index is 1.83. The molecule has 0 radical (unpaired) electrons. The fourth-order valence-electron chi connectivity index (χ4n) is 2.36. The lowest BCUT2D eigenvalue weighted by Gasteiger charge is -2.18. The summed E-state index contributed by atoms with van der Waals surface area (Å²) in [5.41, 5.74) is 0.988. The van der Waals surface area contributed by atoms with Crippen LogP contribution in [0, 0.1) is 0 Å². The van der Waals surface area contributed by atoms with Crippen LogP contribution >= 0.6 is 0 Å². The molecule has 24 heavy (non-hydrogen) atoms. The molecule has 1 amide bonds. The van der Waals surface area contributed by atoms with Gasteiger partial charge in [0, 0.05) is 6.20 Å². The predicted octanol–water partition coefficient (Wildman–Crippen LogP) is 1.84. The Morgan fingerprint density at radius 2 is 2.08 bits per heavy atom. The Kier molecular flexibility index (Phi) is 4.60. The van der Waals surface area contributed by atoms with Crippen LogP contribution in [-0.2, 0) is 9.53 Å². The summed E-state index contributed by atoms with van der Waals surface area (Å²) in [5.74, 6) is 0.405. The molecule has 2 aromatic rings. The van der Waals surface area contributed by atoms with Crippen molar-refractivity contribution in [3.8, 4) is 11.5 Å². The number of methoxy groups -OCH3 is 1. The topological polar surface area (TPSA) is 86.8 Å². The normalized spacial score (nSPS) is 13.2. The van der Waals surface area contributed by atoms with Crippen LogP contribution in [0.3, 0.4) is 0 Å². The van der Waals surface area contributed by atoms with E-state index in [9.17, 15) is 9.59 Å². The number of ether oxygens (including phenoxy) is 3. The lowest BCUT2D eigenvalue weighted by molar-refractivity contribution is -0.141. The number of rotatable bonds is 5. The number of carbonyl (C=O) groups is 2. The second-order valence-electron chi connectivity index (χ2n) is 5.13. The minimum Gasteiger partial charge on any atom is -0.469 e. The molecule has 1 N–H and O–H groups in total. The van der Waals surface area contributed by atoms with Gasteiger partial charge in [-0.25, -0.2) is 0 Å². The smallest absolute Gasteiger partial charge is 0.307 e. The molecule has 0 bridgehead atoms. The van der Waals surface area contributed by atoms with Gasteiger partial charge < -0.3 is 19.5 Å². The molecule has 1 aliphatic rings. The van der Waals surface area contributed by atoms with E-state index >= 15 is 0 Å². The van der Waals surface area contributed by atoms with E-state index in [0.717, 1.165) is 0 Å². The van der Waals surface area contributed by atoms with Gasteiger partial charge in [0.1, 0.15) is 5.69 Å². The highest BCUT2D eigenvalue weighted by Gasteiger charge is 2.23. The first-order chi connectivity index (χ1) is 11.7. The lowest BCUT2D eigenvalue weighted by atomic mass is 10.0. The molecule has 2 heterocycles. The van der Waals surface area contributed by atoms with Crippen molar-refractivity contribution in [2.24, 2.45) is 0 Å². The van der Waals surface area contributed by atoms with Gasteiger partial charge in [0.15, 0.2) is 11.5 Å². The standard InChI is InChI=1S/C17H16N2O5/c1-22-16(20)9-13(19-17(21)12-4-2-3-7-18-12)11-5-6-14-15(8-11)24-10-23-14/h2-8,13H,9-10H2,1H3,(H,19,21). The summed E-state index contributed by atoms with van der Waals surface area (Å²) in [6.45, 7) is 0.154. The van der Waals surface area contributed by atoms with Gasteiger partial charge in [-0.3, -0.25) is 14.6 Å². The molecule has 3 rings (SSSR count). The van der Waals surface area contributed by atoms with Crippen molar-refractivity contribution >= 4 is 11.9 Å². The van der Waals surface area contributed by atoms with Crippen molar-refractivity contribution in [3.63, 3.8) is 0 Å². The van der Waals surface area contributed by atoms with E-state index in [0.29, 0.717) is 17.1 Å².